The molecule has 1 aromatic heterocycles. The second-order valence-corrected chi connectivity index (χ2v) is 8.78. The molecule has 3 rings (SSSR count). The van der Waals surface area contributed by atoms with E-state index >= 15 is 0 Å². The molecular weight excluding hydrogens is 456 g/mol. The van der Waals surface area contributed by atoms with Crippen LogP contribution in [0.3, 0.4) is 0 Å². The number of likely N-dealkylation sites (N-methyl/N-ethyl adjacent to an activating group) is 1. The molecule has 170 valence electrons. The molecule has 2 bridgehead atoms. The van der Waals surface area contributed by atoms with Crippen LogP contribution in [0, 0.1) is 0 Å². The standard InChI is InChI=1S/C14H20N8O7S2/c1-20(2)12(24)8-7-9(6-5-21(8)14(25)22(6)29-31(26,27)28)30-11(19-7)10(23)17-3-4-18-13(15)16/h6,8H,3-5H2,1-2H3,(H,17,23)(H4,15,16,18)(H,26,27,28)/t6-,8?/m0/s1. The number of urea groups is 1. The largest absolute Gasteiger partial charge is 0.418 e. The van der Waals surface area contributed by atoms with E-state index in [-0.39, 0.29) is 36.3 Å². The second-order valence-electron chi connectivity index (χ2n) is 6.74. The van der Waals surface area contributed by atoms with Gasteiger partial charge in [0.1, 0.15) is 6.04 Å². The van der Waals surface area contributed by atoms with Crippen LogP contribution in [0.2, 0.25) is 0 Å². The number of nitrogens with one attached hydrogen (secondary N) is 1. The molecule has 6 N–H and O–H groups in total. The Bertz CT molecular complexity index is 1050. The van der Waals surface area contributed by atoms with Crippen molar-refractivity contribution in [3.8, 4) is 0 Å². The summed E-state index contributed by atoms with van der Waals surface area (Å²) in [5.74, 6) is -1.20. The predicted octanol–water partition coefficient (Wildman–Crippen LogP) is -2.20. The zero-order chi connectivity index (χ0) is 23.1. The summed E-state index contributed by atoms with van der Waals surface area (Å²) in [4.78, 5) is 48.5. The number of hydroxylamine groups is 2. The van der Waals surface area contributed by atoms with E-state index < -0.39 is 40.3 Å². The fourth-order valence-corrected chi connectivity index (χ4v) is 4.59. The normalized spacial score (nSPS) is 19.8. The van der Waals surface area contributed by atoms with Crippen molar-refractivity contribution in [1.29, 1.82) is 0 Å². The molecule has 0 radical (unpaired) electrons. The lowest BCUT2D eigenvalue weighted by molar-refractivity contribution is -0.133. The highest BCUT2D eigenvalue weighted by Gasteiger charge is 2.54. The Morgan fingerprint density at radius 3 is 2.68 bits per heavy atom. The van der Waals surface area contributed by atoms with Crippen LogP contribution in [-0.4, -0.2) is 90.4 Å². The smallest absolute Gasteiger partial charge is 0.370 e. The van der Waals surface area contributed by atoms with E-state index in [0.717, 1.165) is 16.2 Å². The van der Waals surface area contributed by atoms with E-state index in [1.54, 1.807) is 0 Å². The van der Waals surface area contributed by atoms with Crippen molar-refractivity contribution in [1.82, 2.24) is 25.2 Å². The van der Waals surface area contributed by atoms with Crippen LogP contribution in [0.1, 0.15) is 32.5 Å². The summed E-state index contributed by atoms with van der Waals surface area (Å²) in [6.07, 6.45) is 0. The quantitative estimate of drug-likeness (QED) is 0.144. The first kappa shape index (κ1) is 22.7. The first-order valence-electron chi connectivity index (χ1n) is 8.73. The van der Waals surface area contributed by atoms with Crippen molar-refractivity contribution >= 4 is 45.5 Å². The summed E-state index contributed by atoms with van der Waals surface area (Å²) < 4.78 is 35.9. The number of thiazole rings is 1. The Balaban J connectivity index is 1.95. The number of nitrogens with two attached hydrogens (primary N) is 2. The fourth-order valence-electron chi connectivity index (χ4n) is 3.14. The highest BCUT2D eigenvalue weighted by atomic mass is 32.3. The molecule has 2 atom stereocenters. The maximum atomic E-state index is 12.8. The maximum Gasteiger partial charge on any atom is 0.418 e. The average molecular weight is 476 g/mol. The number of guanidine groups is 1. The molecule has 2 aliphatic rings. The molecule has 15 nitrogen and oxygen atoms in total. The Morgan fingerprint density at radius 2 is 2.10 bits per heavy atom. The van der Waals surface area contributed by atoms with Crippen LogP contribution < -0.4 is 16.8 Å². The molecule has 0 aliphatic carbocycles. The van der Waals surface area contributed by atoms with Crippen molar-refractivity contribution in [3.05, 3.63) is 15.6 Å². The molecule has 31 heavy (non-hydrogen) atoms. The molecule has 1 aromatic rings. The van der Waals surface area contributed by atoms with Gasteiger partial charge in [-0.2, -0.15) is 13.5 Å². The van der Waals surface area contributed by atoms with Gasteiger partial charge in [-0.1, -0.05) is 0 Å². The Morgan fingerprint density at radius 1 is 1.42 bits per heavy atom. The maximum absolute atomic E-state index is 12.8. The number of fused-ring (bicyclic) bond motifs is 4. The lowest BCUT2D eigenvalue weighted by Gasteiger charge is -2.30. The summed E-state index contributed by atoms with van der Waals surface area (Å²) in [5, 5.41) is 3.01. The van der Waals surface area contributed by atoms with Crippen molar-refractivity contribution < 1.29 is 31.6 Å². The number of hydrogen-bond acceptors (Lipinski definition) is 9. The average Bonchev–Trinajstić information content (AvgIpc) is 3.21. The van der Waals surface area contributed by atoms with Gasteiger partial charge < -0.3 is 26.6 Å². The SMILES string of the molecule is CN(C)C(=O)C1c2nc(C(=O)NCCN=C(N)N)sc2[C@@H]2CN1C(=O)N2OS(=O)(=O)O. The topological polar surface area (TPSA) is 214 Å². The van der Waals surface area contributed by atoms with Gasteiger partial charge in [-0.25, -0.2) is 9.78 Å². The number of aromatic nitrogens is 1. The number of carbonyl (C=O) groups is 3. The monoisotopic (exact) mass is 476 g/mol. The molecule has 1 unspecified atom stereocenters. The van der Waals surface area contributed by atoms with Gasteiger partial charge in [0.2, 0.25) is 0 Å². The number of carbonyl (C=O) groups excluding carboxylic acids is 3. The van der Waals surface area contributed by atoms with Crippen LogP contribution >= 0.6 is 11.3 Å². The van der Waals surface area contributed by atoms with Gasteiger partial charge in [0.05, 0.1) is 23.7 Å². The summed E-state index contributed by atoms with van der Waals surface area (Å²) >= 11 is 0.876. The second kappa shape index (κ2) is 8.25. The van der Waals surface area contributed by atoms with Crippen molar-refractivity contribution in [3.63, 3.8) is 0 Å². The molecule has 2 aliphatic heterocycles. The number of hydrogen-bond donors (Lipinski definition) is 4. The Labute approximate surface area is 180 Å². The first-order valence-corrected chi connectivity index (χ1v) is 10.9. The lowest BCUT2D eigenvalue weighted by atomic mass is 10.0. The van der Waals surface area contributed by atoms with Gasteiger partial charge in [0.15, 0.2) is 17.0 Å². The molecule has 0 saturated carbocycles. The first-order chi connectivity index (χ1) is 14.4. The van der Waals surface area contributed by atoms with E-state index in [1.165, 1.54) is 19.0 Å². The molecule has 1 fully saturated rings. The number of amides is 4. The molecule has 3 heterocycles. The number of nitrogens with zero attached hydrogens (tertiary/aromatic N) is 5. The van der Waals surface area contributed by atoms with Crippen molar-refractivity contribution in [2.45, 2.75) is 12.1 Å². The van der Waals surface area contributed by atoms with Gasteiger partial charge in [-0.15, -0.1) is 15.6 Å². The Hall–Kier alpha value is -3.02. The van der Waals surface area contributed by atoms with Crippen molar-refractivity contribution in [2.24, 2.45) is 16.5 Å². The van der Waals surface area contributed by atoms with Crippen LogP contribution in [0.15, 0.2) is 4.99 Å². The van der Waals surface area contributed by atoms with Crippen LogP contribution in [0.25, 0.3) is 0 Å². The van der Waals surface area contributed by atoms with Crippen LogP contribution in [-0.2, 0) is 19.5 Å². The van der Waals surface area contributed by atoms with Crippen LogP contribution in [0.4, 0.5) is 4.79 Å². The fraction of sp³-hybridized carbons (Fsp3) is 0.500. The molecule has 1 saturated heterocycles. The lowest BCUT2D eigenvalue weighted by Crippen LogP contribution is -2.43. The van der Waals surface area contributed by atoms with E-state index in [0.29, 0.717) is 9.94 Å². The number of rotatable bonds is 7. The highest BCUT2D eigenvalue weighted by Crippen LogP contribution is 2.46. The summed E-state index contributed by atoms with van der Waals surface area (Å²) in [5.41, 5.74) is 10.6. The minimum atomic E-state index is -5.01. The summed E-state index contributed by atoms with van der Waals surface area (Å²) in [6, 6.07) is -3.12. The van der Waals surface area contributed by atoms with Gasteiger partial charge in [-0.3, -0.25) is 19.1 Å². The van der Waals surface area contributed by atoms with E-state index in [9.17, 15) is 22.8 Å². The molecule has 17 heteroatoms. The molecule has 0 spiro atoms. The van der Waals surface area contributed by atoms with Crippen LogP contribution in [0.5, 0.6) is 0 Å². The third kappa shape index (κ3) is 4.53. The minimum absolute atomic E-state index is 0.0146. The Kier molecular flexibility index (Phi) is 6.03. The van der Waals surface area contributed by atoms with E-state index in [2.05, 4.69) is 19.6 Å². The minimum Gasteiger partial charge on any atom is -0.370 e. The summed E-state index contributed by atoms with van der Waals surface area (Å²) in [6.45, 7) is 0.161. The summed E-state index contributed by atoms with van der Waals surface area (Å²) in [7, 11) is -2.06. The zero-order valence-corrected chi connectivity index (χ0v) is 18.0. The molecular formula is C14H20N8O7S2. The highest BCUT2D eigenvalue weighted by molar-refractivity contribution is 7.80. The third-order valence-electron chi connectivity index (χ3n) is 4.38. The molecule has 4 amide bonds. The van der Waals surface area contributed by atoms with E-state index in [4.69, 9.17) is 16.0 Å². The molecule has 0 aromatic carbocycles. The predicted molar refractivity (Wildman–Crippen MR) is 106 cm³/mol. The number of aliphatic imine (C=N–C) groups is 1. The van der Waals surface area contributed by atoms with Gasteiger partial charge >= 0.3 is 16.4 Å². The van der Waals surface area contributed by atoms with Gasteiger partial charge in [-0.05, 0) is 0 Å². The van der Waals surface area contributed by atoms with Gasteiger partial charge in [0, 0.05) is 20.6 Å². The third-order valence-corrected chi connectivity index (χ3v) is 5.90. The van der Waals surface area contributed by atoms with Crippen molar-refractivity contribution in [2.75, 3.05) is 33.7 Å². The van der Waals surface area contributed by atoms with Gasteiger partial charge in [0.25, 0.3) is 11.8 Å². The van der Waals surface area contributed by atoms with E-state index in [1.807, 2.05) is 0 Å². The zero-order valence-electron chi connectivity index (χ0n) is 16.4.